The zero-order chi connectivity index (χ0) is 25.8. The lowest BCUT2D eigenvalue weighted by Gasteiger charge is -2.27. The zero-order valence-corrected chi connectivity index (χ0v) is 20.6. The van der Waals surface area contributed by atoms with Crippen LogP contribution in [0.2, 0.25) is 0 Å². The molecule has 0 spiro atoms. The van der Waals surface area contributed by atoms with Crippen LogP contribution >= 0.6 is 0 Å². The molecule has 188 valence electrons. The summed E-state index contributed by atoms with van der Waals surface area (Å²) in [6, 6.07) is 14.9. The van der Waals surface area contributed by atoms with Gasteiger partial charge >= 0.3 is 0 Å². The zero-order valence-electron chi connectivity index (χ0n) is 20.6. The molecule has 1 aliphatic heterocycles. The lowest BCUT2D eigenvalue weighted by atomic mass is 10.1. The SMILES string of the molecule is COc1cc(Nc2ccc3ncc(N4CCOCC4)nc3c2C#N)ccc1OCc1ccc(C)[n+]([O-])c1. The van der Waals surface area contributed by atoms with E-state index in [0.29, 0.717) is 58.4 Å². The highest BCUT2D eigenvalue weighted by Crippen LogP contribution is 2.34. The number of anilines is 3. The molecule has 37 heavy (non-hydrogen) atoms. The van der Waals surface area contributed by atoms with Crippen molar-refractivity contribution in [2.24, 2.45) is 0 Å². The van der Waals surface area contributed by atoms with Gasteiger partial charge < -0.3 is 29.6 Å². The van der Waals surface area contributed by atoms with Gasteiger partial charge in [0.05, 0.1) is 43.3 Å². The van der Waals surface area contributed by atoms with E-state index in [2.05, 4.69) is 21.3 Å². The van der Waals surface area contributed by atoms with Crippen molar-refractivity contribution in [1.82, 2.24) is 9.97 Å². The largest absolute Gasteiger partial charge is 0.618 e. The summed E-state index contributed by atoms with van der Waals surface area (Å²) < 4.78 is 17.7. The predicted octanol–water partition coefficient (Wildman–Crippen LogP) is 3.61. The van der Waals surface area contributed by atoms with Crippen LogP contribution in [0.25, 0.3) is 11.0 Å². The van der Waals surface area contributed by atoms with Gasteiger partial charge in [0, 0.05) is 37.8 Å². The Hall–Kier alpha value is -4.62. The van der Waals surface area contributed by atoms with E-state index in [4.69, 9.17) is 19.2 Å². The van der Waals surface area contributed by atoms with Gasteiger partial charge in [0.25, 0.3) is 0 Å². The molecule has 4 aromatic rings. The van der Waals surface area contributed by atoms with Crippen molar-refractivity contribution >= 4 is 28.2 Å². The third-order valence-corrected chi connectivity index (χ3v) is 6.16. The molecular formula is C27H26N6O4. The Morgan fingerprint density at radius 3 is 2.76 bits per heavy atom. The Balaban J connectivity index is 1.38. The van der Waals surface area contributed by atoms with Crippen LogP contribution in [0, 0.1) is 23.5 Å². The number of ether oxygens (including phenoxy) is 3. The molecule has 0 amide bonds. The first-order valence-corrected chi connectivity index (χ1v) is 11.8. The van der Waals surface area contributed by atoms with E-state index >= 15 is 0 Å². The van der Waals surface area contributed by atoms with Crippen LogP contribution in [0.4, 0.5) is 17.2 Å². The highest BCUT2D eigenvalue weighted by molar-refractivity contribution is 5.89. The number of fused-ring (bicyclic) bond motifs is 1. The molecule has 0 unspecified atom stereocenters. The number of pyridine rings is 1. The summed E-state index contributed by atoms with van der Waals surface area (Å²) in [6.07, 6.45) is 3.23. The topological polar surface area (TPSA) is 119 Å². The van der Waals surface area contributed by atoms with Crippen molar-refractivity contribution in [3.05, 3.63) is 76.9 Å². The summed E-state index contributed by atoms with van der Waals surface area (Å²) in [5.41, 5.74) is 4.28. The third-order valence-electron chi connectivity index (χ3n) is 6.16. The quantitative estimate of drug-likeness (QED) is 0.301. The highest BCUT2D eigenvalue weighted by Gasteiger charge is 2.17. The van der Waals surface area contributed by atoms with Gasteiger partial charge in [-0.2, -0.15) is 9.99 Å². The molecule has 0 aliphatic carbocycles. The minimum atomic E-state index is 0.221. The maximum Gasteiger partial charge on any atom is 0.189 e. The number of nitriles is 1. The molecule has 2 aromatic heterocycles. The second-order valence-electron chi connectivity index (χ2n) is 8.58. The average molecular weight is 499 g/mol. The van der Waals surface area contributed by atoms with Crippen molar-refractivity contribution in [1.29, 1.82) is 5.26 Å². The van der Waals surface area contributed by atoms with Crippen molar-refractivity contribution in [2.75, 3.05) is 43.6 Å². The van der Waals surface area contributed by atoms with E-state index in [9.17, 15) is 10.5 Å². The Labute approximate surface area is 214 Å². The van der Waals surface area contributed by atoms with Gasteiger partial charge in [-0.05, 0) is 30.3 Å². The normalized spacial score (nSPS) is 13.3. The van der Waals surface area contributed by atoms with Crippen LogP contribution in [0.3, 0.4) is 0 Å². The van der Waals surface area contributed by atoms with E-state index in [1.54, 1.807) is 38.4 Å². The Kier molecular flexibility index (Phi) is 6.87. The maximum atomic E-state index is 11.8. The summed E-state index contributed by atoms with van der Waals surface area (Å²) in [7, 11) is 1.56. The molecule has 1 fully saturated rings. The van der Waals surface area contributed by atoms with Crippen molar-refractivity contribution in [3.8, 4) is 17.6 Å². The molecule has 10 nitrogen and oxygen atoms in total. The van der Waals surface area contributed by atoms with Gasteiger partial charge in [0.15, 0.2) is 23.4 Å². The lowest BCUT2D eigenvalue weighted by molar-refractivity contribution is -0.612. The Morgan fingerprint density at radius 1 is 1.16 bits per heavy atom. The summed E-state index contributed by atoms with van der Waals surface area (Å²) in [5, 5.41) is 25.1. The monoisotopic (exact) mass is 498 g/mol. The van der Waals surface area contributed by atoms with E-state index in [1.165, 1.54) is 6.20 Å². The Morgan fingerprint density at radius 2 is 2.00 bits per heavy atom. The summed E-state index contributed by atoms with van der Waals surface area (Å²) in [5.74, 6) is 1.77. The second kappa shape index (κ2) is 10.6. The number of benzene rings is 2. The van der Waals surface area contributed by atoms with Crippen molar-refractivity contribution in [3.63, 3.8) is 0 Å². The molecule has 3 heterocycles. The fourth-order valence-corrected chi connectivity index (χ4v) is 4.09. The number of rotatable bonds is 7. The number of methoxy groups -OCH3 is 1. The average Bonchev–Trinajstić information content (AvgIpc) is 2.94. The van der Waals surface area contributed by atoms with Gasteiger partial charge in [-0.15, -0.1) is 0 Å². The molecule has 1 saturated heterocycles. The predicted molar refractivity (Wildman–Crippen MR) is 138 cm³/mol. The van der Waals surface area contributed by atoms with E-state index in [0.717, 1.165) is 29.2 Å². The number of aryl methyl sites for hydroxylation is 1. The minimum Gasteiger partial charge on any atom is -0.618 e. The smallest absolute Gasteiger partial charge is 0.189 e. The number of hydrogen-bond acceptors (Lipinski definition) is 9. The van der Waals surface area contributed by atoms with Gasteiger partial charge in [-0.3, -0.25) is 4.98 Å². The minimum absolute atomic E-state index is 0.221. The van der Waals surface area contributed by atoms with E-state index < -0.39 is 0 Å². The summed E-state index contributed by atoms with van der Waals surface area (Å²) >= 11 is 0. The molecule has 1 aliphatic rings. The molecule has 10 heteroatoms. The van der Waals surface area contributed by atoms with Crippen LogP contribution in [0.1, 0.15) is 16.8 Å². The van der Waals surface area contributed by atoms with Crippen molar-refractivity contribution in [2.45, 2.75) is 13.5 Å². The summed E-state index contributed by atoms with van der Waals surface area (Å²) in [6.45, 7) is 4.70. The van der Waals surface area contributed by atoms with Gasteiger partial charge in [0.1, 0.15) is 29.6 Å². The number of nitrogens with zero attached hydrogens (tertiary/aromatic N) is 5. The molecule has 1 N–H and O–H groups in total. The van der Waals surface area contributed by atoms with Gasteiger partial charge in [-0.25, -0.2) is 4.98 Å². The molecule has 5 rings (SSSR count). The molecule has 0 bridgehead atoms. The van der Waals surface area contributed by atoms with Crippen molar-refractivity contribution < 1.29 is 18.9 Å². The van der Waals surface area contributed by atoms with Crippen LogP contribution in [0.15, 0.2) is 54.9 Å². The fraction of sp³-hybridized carbons (Fsp3) is 0.259. The first-order chi connectivity index (χ1) is 18.1. The molecular weight excluding hydrogens is 472 g/mol. The standard InChI is InChI=1S/C27H26N6O4/c1-18-3-4-19(16-33(18)34)17-37-24-8-5-20(13-25(24)35-2)30-22-6-7-23-27(21(22)14-28)31-26(15-29-23)32-9-11-36-12-10-32/h3-8,13,15-16,30H,9-12,17H2,1-2H3. The van der Waals surface area contributed by atoms with Crippen LogP contribution in [0.5, 0.6) is 11.5 Å². The van der Waals surface area contributed by atoms with Crippen LogP contribution in [-0.2, 0) is 11.3 Å². The highest BCUT2D eigenvalue weighted by atomic mass is 16.5. The lowest BCUT2D eigenvalue weighted by Crippen LogP contribution is -2.36. The van der Waals surface area contributed by atoms with Crippen LogP contribution in [-0.4, -0.2) is 43.4 Å². The molecule has 2 aromatic carbocycles. The van der Waals surface area contributed by atoms with E-state index in [-0.39, 0.29) is 6.61 Å². The number of morpholine rings is 1. The number of nitrogens with one attached hydrogen (secondary N) is 1. The third kappa shape index (κ3) is 5.17. The first kappa shape index (κ1) is 24.1. The van der Waals surface area contributed by atoms with Gasteiger partial charge in [-0.1, -0.05) is 0 Å². The van der Waals surface area contributed by atoms with Crippen LogP contribution < -0.4 is 24.4 Å². The first-order valence-electron chi connectivity index (χ1n) is 11.8. The second-order valence-corrected chi connectivity index (χ2v) is 8.58. The number of hydrogen-bond donors (Lipinski definition) is 1. The molecule has 0 radical (unpaired) electrons. The molecule has 0 atom stereocenters. The maximum absolute atomic E-state index is 11.8. The fourth-order valence-electron chi connectivity index (χ4n) is 4.09. The van der Waals surface area contributed by atoms with E-state index in [1.807, 2.05) is 24.3 Å². The Bertz CT molecular complexity index is 1480. The molecule has 0 saturated carbocycles. The van der Waals surface area contributed by atoms with Gasteiger partial charge in [0.2, 0.25) is 0 Å². The number of aromatic nitrogens is 3. The summed E-state index contributed by atoms with van der Waals surface area (Å²) in [4.78, 5) is 11.4.